The molecule has 146 valence electrons. The second kappa shape index (κ2) is 9.06. The maximum Gasteiger partial charge on any atom is 0.241 e. The zero-order valence-corrected chi connectivity index (χ0v) is 16.7. The van der Waals surface area contributed by atoms with E-state index in [0.717, 1.165) is 12.8 Å². The highest BCUT2D eigenvalue weighted by Crippen LogP contribution is 2.33. The summed E-state index contributed by atoms with van der Waals surface area (Å²) in [5.41, 5.74) is 1.08. The number of anilines is 2. The molecule has 0 aromatic heterocycles. The van der Waals surface area contributed by atoms with Crippen molar-refractivity contribution in [2.75, 3.05) is 15.8 Å². The summed E-state index contributed by atoms with van der Waals surface area (Å²) in [6.45, 7) is 1.82. The first-order valence-electron chi connectivity index (χ1n) is 9.14. The molecular formula is C18H28ClN3O3S. The lowest BCUT2D eigenvalue weighted by atomic mass is 9.85. The molecule has 1 amide bonds. The molecule has 0 bridgehead atoms. The van der Waals surface area contributed by atoms with Crippen molar-refractivity contribution >= 4 is 39.7 Å². The van der Waals surface area contributed by atoms with Crippen LogP contribution in [0.1, 0.15) is 45.4 Å². The van der Waals surface area contributed by atoms with Gasteiger partial charge < -0.3 is 10.6 Å². The van der Waals surface area contributed by atoms with Crippen molar-refractivity contribution in [2.24, 2.45) is 5.92 Å². The second-order valence-corrected chi connectivity index (χ2v) is 8.94. The number of rotatable bonds is 6. The van der Waals surface area contributed by atoms with Crippen LogP contribution >= 0.6 is 12.4 Å². The van der Waals surface area contributed by atoms with E-state index in [1.165, 1.54) is 19.3 Å². The van der Waals surface area contributed by atoms with Gasteiger partial charge in [-0.05, 0) is 49.8 Å². The SMILES string of the molecule is CCCS(=O)(=O)Nc1cccc(NC(=O)C2CC3CCCCC3N2)c1.Cl. The van der Waals surface area contributed by atoms with Crippen molar-refractivity contribution in [3.63, 3.8) is 0 Å². The van der Waals surface area contributed by atoms with Crippen LogP contribution in [0.5, 0.6) is 0 Å². The highest BCUT2D eigenvalue weighted by atomic mass is 35.5. The second-order valence-electron chi connectivity index (χ2n) is 7.10. The molecular weight excluding hydrogens is 374 g/mol. The van der Waals surface area contributed by atoms with Gasteiger partial charge in [0.05, 0.1) is 17.5 Å². The van der Waals surface area contributed by atoms with Gasteiger partial charge in [0.25, 0.3) is 0 Å². The highest BCUT2D eigenvalue weighted by molar-refractivity contribution is 7.92. The fourth-order valence-corrected chi connectivity index (χ4v) is 5.04. The van der Waals surface area contributed by atoms with Crippen LogP contribution < -0.4 is 15.4 Å². The Morgan fingerprint density at radius 2 is 1.96 bits per heavy atom. The third-order valence-electron chi connectivity index (χ3n) is 5.06. The van der Waals surface area contributed by atoms with E-state index in [4.69, 9.17) is 0 Å². The largest absolute Gasteiger partial charge is 0.325 e. The third-order valence-corrected chi connectivity index (χ3v) is 6.55. The summed E-state index contributed by atoms with van der Waals surface area (Å²) in [6.07, 6.45) is 6.31. The Bertz CT molecular complexity index is 712. The first-order valence-corrected chi connectivity index (χ1v) is 10.8. The molecule has 1 aliphatic carbocycles. The summed E-state index contributed by atoms with van der Waals surface area (Å²) in [5.74, 6) is 0.651. The number of amides is 1. The molecule has 1 saturated carbocycles. The summed E-state index contributed by atoms with van der Waals surface area (Å²) < 4.78 is 26.3. The molecule has 26 heavy (non-hydrogen) atoms. The number of carbonyl (C=O) groups is 1. The summed E-state index contributed by atoms with van der Waals surface area (Å²) in [4.78, 5) is 12.5. The standard InChI is InChI=1S/C18H27N3O3S.ClH/c1-2-10-25(23,24)21-15-8-5-7-14(12-15)19-18(22)17-11-13-6-3-4-9-16(13)20-17;/h5,7-8,12-13,16-17,20-21H,2-4,6,9-11H2,1H3,(H,19,22);1H. The van der Waals surface area contributed by atoms with Gasteiger partial charge in [-0.25, -0.2) is 8.42 Å². The van der Waals surface area contributed by atoms with Crippen LogP contribution in [-0.2, 0) is 14.8 Å². The first kappa shape index (κ1) is 21.0. The smallest absolute Gasteiger partial charge is 0.241 e. The Morgan fingerprint density at radius 3 is 2.69 bits per heavy atom. The summed E-state index contributed by atoms with van der Waals surface area (Å²) in [6, 6.07) is 7.17. The Balaban J connectivity index is 0.00000243. The Labute approximate surface area is 162 Å². The molecule has 1 aliphatic heterocycles. The molecule has 2 aliphatic rings. The number of benzene rings is 1. The zero-order chi connectivity index (χ0) is 17.9. The Hall–Kier alpha value is -1.31. The molecule has 1 saturated heterocycles. The average molecular weight is 402 g/mol. The Kier molecular flexibility index (Phi) is 7.32. The topological polar surface area (TPSA) is 87.3 Å². The first-order chi connectivity index (χ1) is 12.0. The maximum atomic E-state index is 12.5. The monoisotopic (exact) mass is 401 g/mol. The van der Waals surface area contributed by atoms with Crippen LogP contribution in [0.2, 0.25) is 0 Å². The van der Waals surface area contributed by atoms with Crippen LogP contribution in [-0.4, -0.2) is 32.2 Å². The van der Waals surface area contributed by atoms with Crippen LogP contribution in [0, 0.1) is 5.92 Å². The lowest BCUT2D eigenvalue weighted by molar-refractivity contribution is -0.117. The van der Waals surface area contributed by atoms with Crippen LogP contribution in [0.25, 0.3) is 0 Å². The summed E-state index contributed by atoms with van der Waals surface area (Å²) in [5, 5.41) is 6.37. The lowest BCUT2D eigenvalue weighted by Gasteiger charge is -2.24. The number of carbonyl (C=O) groups excluding carboxylic acids is 1. The molecule has 3 atom stereocenters. The van der Waals surface area contributed by atoms with E-state index in [1.807, 2.05) is 6.92 Å². The molecule has 3 unspecified atom stereocenters. The van der Waals surface area contributed by atoms with Crippen LogP contribution in [0.4, 0.5) is 11.4 Å². The van der Waals surface area contributed by atoms with Crippen LogP contribution in [0.3, 0.4) is 0 Å². The molecule has 6 nitrogen and oxygen atoms in total. The van der Waals surface area contributed by atoms with Crippen LogP contribution in [0.15, 0.2) is 24.3 Å². The van der Waals surface area contributed by atoms with Gasteiger partial charge in [-0.15, -0.1) is 12.4 Å². The molecule has 0 spiro atoms. The number of hydrogen-bond acceptors (Lipinski definition) is 4. The predicted molar refractivity (Wildman–Crippen MR) is 107 cm³/mol. The van der Waals surface area contributed by atoms with Crippen molar-refractivity contribution in [1.82, 2.24) is 5.32 Å². The van der Waals surface area contributed by atoms with Gasteiger partial charge in [0.1, 0.15) is 0 Å². The van der Waals surface area contributed by atoms with E-state index in [-0.39, 0.29) is 30.1 Å². The molecule has 1 heterocycles. The molecule has 2 fully saturated rings. The Morgan fingerprint density at radius 1 is 1.23 bits per heavy atom. The highest BCUT2D eigenvalue weighted by Gasteiger charge is 2.38. The molecule has 3 N–H and O–H groups in total. The van der Waals surface area contributed by atoms with Crippen molar-refractivity contribution in [3.8, 4) is 0 Å². The maximum absolute atomic E-state index is 12.5. The van der Waals surface area contributed by atoms with Gasteiger partial charge in [0.2, 0.25) is 15.9 Å². The van der Waals surface area contributed by atoms with E-state index in [1.54, 1.807) is 24.3 Å². The minimum absolute atomic E-state index is 0. The summed E-state index contributed by atoms with van der Waals surface area (Å²) >= 11 is 0. The number of sulfonamides is 1. The number of halogens is 1. The fraction of sp³-hybridized carbons (Fsp3) is 0.611. The van der Waals surface area contributed by atoms with E-state index >= 15 is 0 Å². The van der Waals surface area contributed by atoms with Gasteiger partial charge in [-0.1, -0.05) is 25.8 Å². The molecule has 1 aromatic carbocycles. The number of fused-ring (bicyclic) bond motifs is 1. The average Bonchev–Trinajstić information content (AvgIpc) is 2.98. The third kappa shape index (κ3) is 5.34. The fourth-order valence-electron chi connectivity index (χ4n) is 3.91. The van der Waals surface area contributed by atoms with Gasteiger partial charge in [0.15, 0.2) is 0 Å². The summed E-state index contributed by atoms with van der Waals surface area (Å²) in [7, 11) is -3.34. The molecule has 8 heteroatoms. The van der Waals surface area contributed by atoms with Crippen molar-refractivity contribution < 1.29 is 13.2 Å². The van der Waals surface area contributed by atoms with Crippen molar-refractivity contribution in [3.05, 3.63) is 24.3 Å². The normalized spacial score (nSPS) is 25.0. The van der Waals surface area contributed by atoms with E-state index in [9.17, 15) is 13.2 Å². The minimum Gasteiger partial charge on any atom is -0.325 e. The number of nitrogens with one attached hydrogen (secondary N) is 3. The van der Waals surface area contributed by atoms with Gasteiger partial charge in [-0.3, -0.25) is 9.52 Å². The molecule has 3 rings (SSSR count). The zero-order valence-electron chi connectivity index (χ0n) is 15.0. The van der Waals surface area contributed by atoms with Crippen molar-refractivity contribution in [2.45, 2.75) is 57.5 Å². The molecule has 1 aromatic rings. The van der Waals surface area contributed by atoms with E-state index in [2.05, 4.69) is 15.4 Å². The quantitative estimate of drug-likeness (QED) is 0.683. The predicted octanol–water partition coefficient (Wildman–Crippen LogP) is 3.12. The van der Waals surface area contributed by atoms with Gasteiger partial charge >= 0.3 is 0 Å². The van der Waals surface area contributed by atoms with E-state index in [0.29, 0.717) is 29.8 Å². The molecule has 0 radical (unpaired) electrons. The number of hydrogen-bond donors (Lipinski definition) is 3. The minimum atomic E-state index is -3.34. The van der Waals surface area contributed by atoms with Gasteiger partial charge in [-0.2, -0.15) is 0 Å². The van der Waals surface area contributed by atoms with Crippen molar-refractivity contribution in [1.29, 1.82) is 0 Å². The van der Waals surface area contributed by atoms with Gasteiger partial charge in [0, 0.05) is 11.7 Å². The van der Waals surface area contributed by atoms with E-state index < -0.39 is 10.0 Å². The lowest BCUT2D eigenvalue weighted by Crippen LogP contribution is -2.39.